The van der Waals surface area contributed by atoms with Crippen molar-refractivity contribution in [2.24, 2.45) is 0 Å². The molecule has 0 radical (unpaired) electrons. The van der Waals surface area contributed by atoms with Crippen molar-refractivity contribution in [3.8, 4) is 17.2 Å². The van der Waals surface area contributed by atoms with Gasteiger partial charge in [0.1, 0.15) is 5.75 Å². The zero-order valence-electron chi connectivity index (χ0n) is 14.4. The molecule has 136 valence electrons. The number of carbonyl (C=O) groups excluding carboxylic acids is 1. The van der Waals surface area contributed by atoms with E-state index in [1.165, 1.54) is 45.7 Å². The lowest BCUT2D eigenvalue weighted by Crippen LogP contribution is -2.12. The second-order valence-electron chi connectivity index (χ2n) is 5.40. The van der Waals surface area contributed by atoms with Crippen LogP contribution in [0.5, 0.6) is 17.2 Å². The van der Waals surface area contributed by atoms with Crippen LogP contribution in [0.3, 0.4) is 0 Å². The third-order valence-electron chi connectivity index (χ3n) is 4.05. The van der Waals surface area contributed by atoms with Gasteiger partial charge in [-0.3, -0.25) is 4.79 Å². The van der Waals surface area contributed by atoms with Gasteiger partial charge in [0, 0.05) is 23.2 Å². The minimum Gasteiger partial charge on any atom is -0.497 e. The summed E-state index contributed by atoms with van der Waals surface area (Å²) < 4.78 is 42.7. The lowest BCUT2D eigenvalue weighted by molar-refractivity contribution is 0.112. The van der Waals surface area contributed by atoms with E-state index in [1.54, 1.807) is 18.2 Å². The summed E-state index contributed by atoms with van der Waals surface area (Å²) in [5.74, 6) is 1.31. The third-order valence-corrected chi connectivity index (χ3v) is 5.74. The van der Waals surface area contributed by atoms with E-state index in [-0.39, 0.29) is 10.5 Å². The first-order valence-electron chi connectivity index (χ1n) is 7.58. The standard InChI is InChI=1S/C18H17NO6S/c1-23-13-4-6-14(7-5-13)26(21,22)19-10-12(11-20)15-8-17(24-2)18(25-3)9-16(15)19/h4-11H,1-3H3. The number of aromatic nitrogens is 1. The Balaban J connectivity index is 2.27. The van der Waals surface area contributed by atoms with Crippen molar-refractivity contribution in [2.45, 2.75) is 4.90 Å². The molecule has 7 nitrogen and oxygen atoms in total. The van der Waals surface area contributed by atoms with E-state index >= 15 is 0 Å². The molecule has 0 aliphatic heterocycles. The Morgan fingerprint density at radius 1 is 0.923 bits per heavy atom. The lowest BCUT2D eigenvalue weighted by Gasteiger charge is -2.11. The fraction of sp³-hybridized carbons (Fsp3) is 0.167. The van der Waals surface area contributed by atoms with Crippen molar-refractivity contribution in [1.29, 1.82) is 0 Å². The molecular weight excluding hydrogens is 358 g/mol. The molecule has 2 aromatic carbocycles. The normalized spacial score (nSPS) is 11.3. The van der Waals surface area contributed by atoms with Crippen LogP contribution >= 0.6 is 0 Å². The number of rotatable bonds is 6. The van der Waals surface area contributed by atoms with E-state index in [0.29, 0.717) is 34.4 Å². The molecule has 1 aromatic heterocycles. The van der Waals surface area contributed by atoms with Crippen molar-refractivity contribution in [2.75, 3.05) is 21.3 Å². The average molecular weight is 375 g/mol. The van der Waals surface area contributed by atoms with Crippen molar-refractivity contribution in [3.63, 3.8) is 0 Å². The minimum atomic E-state index is -3.92. The van der Waals surface area contributed by atoms with Gasteiger partial charge in [0.15, 0.2) is 17.8 Å². The summed E-state index contributed by atoms with van der Waals surface area (Å²) >= 11 is 0. The quantitative estimate of drug-likeness (QED) is 0.616. The van der Waals surface area contributed by atoms with Crippen LogP contribution in [0.4, 0.5) is 0 Å². The molecule has 8 heteroatoms. The lowest BCUT2D eigenvalue weighted by atomic mass is 10.1. The summed E-state index contributed by atoms with van der Waals surface area (Å²) in [6, 6.07) is 9.12. The van der Waals surface area contributed by atoms with Crippen LogP contribution in [0.15, 0.2) is 47.5 Å². The molecule has 0 aliphatic rings. The Labute approximate surface area is 150 Å². The number of aldehydes is 1. The summed E-state index contributed by atoms with van der Waals surface area (Å²) in [6.07, 6.45) is 1.89. The molecule has 1 heterocycles. The number of benzene rings is 2. The summed E-state index contributed by atoms with van der Waals surface area (Å²) in [7, 11) is 0.502. The topological polar surface area (TPSA) is 83.8 Å². The second kappa shape index (κ2) is 6.72. The predicted octanol–water partition coefficient (Wildman–Crippen LogP) is 2.72. The molecule has 26 heavy (non-hydrogen) atoms. The highest BCUT2D eigenvalue weighted by Crippen LogP contribution is 2.35. The van der Waals surface area contributed by atoms with Crippen molar-refractivity contribution in [1.82, 2.24) is 3.97 Å². The number of nitrogens with zero attached hydrogens (tertiary/aromatic N) is 1. The molecule has 0 fully saturated rings. The first-order valence-corrected chi connectivity index (χ1v) is 9.02. The number of carbonyl (C=O) groups is 1. The molecule has 0 unspecified atom stereocenters. The van der Waals surface area contributed by atoms with E-state index < -0.39 is 10.0 Å². The van der Waals surface area contributed by atoms with Crippen molar-refractivity contribution in [3.05, 3.63) is 48.2 Å². The van der Waals surface area contributed by atoms with Crippen molar-refractivity contribution < 1.29 is 27.4 Å². The SMILES string of the molecule is COc1ccc(S(=O)(=O)n2cc(C=O)c3cc(OC)c(OC)cc32)cc1. The van der Waals surface area contributed by atoms with Crippen LogP contribution < -0.4 is 14.2 Å². The van der Waals surface area contributed by atoms with Gasteiger partial charge in [-0.2, -0.15) is 0 Å². The molecule has 3 rings (SSSR count). The van der Waals surface area contributed by atoms with E-state index in [2.05, 4.69) is 0 Å². The van der Waals surface area contributed by atoms with Crippen LogP contribution in [0.2, 0.25) is 0 Å². The molecule has 0 amide bonds. The van der Waals surface area contributed by atoms with E-state index in [1.807, 2.05) is 0 Å². The highest BCUT2D eigenvalue weighted by molar-refractivity contribution is 7.90. The van der Waals surface area contributed by atoms with Crippen LogP contribution in [-0.4, -0.2) is 40.0 Å². The molecule has 3 aromatic rings. The molecule has 0 saturated carbocycles. The van der Waals surface area contributed by atoms with Gasteiger partial charge in [0.2, 0.25) is 0 Å². The molecule has 0 bridgehead atoms. The Bertz CT molecular complexity index is 1070. The second-order valence-corrected chi connectivity index (χ2v) is 7.22. The van der Waals surface area contributed by atoms with Crippen LogP contribution in [-0.2, 0) is 10.0 Å². The van der Waals surface area contributed by atoms with E-state index in [4.69, 9.17) is 14.2 Å². The molecule has 0 saturated heterocycles. The van der Waals surface area contributed by atoms with Crippen molar-refractivity contribution >= 4 is 27.2 Å². The molecule has 0 spiro atoms. The van der Waals surface area contributed by atoms with Crippen LogP contribution in [0.25, 0.3) is 10.9 Å². The van der Waals surface area contributed by atoms with Gasteiger partial charge >= 0.3 is 0 Å². The highest BCUT2D eigenvalue weighted by atomic mass is 32.2. The van der Waals surface area contributed by atoms with Gasteiger partial charge in [0.05, 0.1) is 31.7 Å². The fourth-order valence-electron chi connectivity index (χ4n) is 2.70. The van der Waals surface area contributed by atoms with Gasteiger partial charge in [-0.05, 0) is 30.3 Å². The van der Waals surface area contributed by atoms with Crippen LogP contribution in [0, 0.1) is 0 Å². The Kier molecular flexibility index (Phi) is 4.60. The summed E-state index contributed by atoms with van der Waals surface area (Å²) in [4.78, 5) is 11.5. The van der Waals surface area contributed by atoms with Gasteiger partial charge in [-0.25, -0.2) is 12.4 Å². The predicted molar refractivity (Wildman–Crippen MR) is 96.0 cm³/mol. The smallest absolute Gasteiger partial charge is 0.268 e. The van der Waals surface area contributed by atoms with Gasteiger partial charge in [-0.1, -0.05) is 0 Å². The van der Waals surface area contributed by atoms with Gasteiger partial charge in [-0.15, -0.1) is 0 Å². The fourth-order valence-corrected chi connectivity index (χ4v) is 4.07. The maximum atomic E-state index is 13.1. The average Bonchev–Trinajstić information content (AvgIpc) is 3.05. The summed E-state index contributed by atoms with van der Waals surface area (Å²) in [5, 5.41) is 0.453. The number of ether oxygens (including phenoxy) is 3. The van der Waals surface area contributed by atoms with E-state index in [0.717, 1.165) is 3.97 Å². The van der Waals surface area contributed by atoms with Crippen LogP contribution in [0.1, 0.15) is 10.4 Å². The Hall–Kier alpha value is -3.00. The monoisotopic (exact) mass is 375 g/mol. The number of hydrogen-bond acceptors (Lipinski definition) is 6. The van der Waals surface area contributed by atoms with Gasteiger partial charge < -0.3 is 14.2 Å². The molecule has 0 atom stereocenters. The molecule has 0 N–H and O–H groups in total. The Morgan fingerprint density at radius 2 is 1.54 bits per heavy atom. The van der Waals surface area contributed by atoms with Gasteiger partial charge in [0.25, 0.3) is 10.0 Å². The molecular formula is C18H17NO6S. The highest BCUT2D eigenvalue weighted by Gasteiger charge is 2.23. The minimum absolute atomic E-state index is 0.0717. The molecule has 0 aliphatic carbocycles. The first-order chi connectivity index (χ1) is 12.5. The number of methoxy groups -OCH3 is 3. The number of fused-ring (bicyclic) bond motifs is 1. The maximum absolute atomic E-state index is 13.1. The zero-order valence-corrected chi connectivity index (χ0v) is 15.2. The summed E-state index contributed by atoms with van der Waals surface area (Å²) in [6.45, 7) is 0. The summed E-state index contributed by atoms with van der Waals surface area (Å²) in [5.41, 5.74) is 0.554. The third kappa shape index (κ3) is 2.78. The first kappa shape index (κ1) is 17.8. The largest absolute Gasteiger partial charge is 0.497 e. The number of hydrogen-bond donors (Lipinski definition) is 0. The Morgan fingerprint density at radius 3 is 2.08 bits per heavy atom. The maximum Gasteiger partial charge on any atom is 0.268 e. The zero-order chi connectivity index (χ0) is 18.9. The van der Waals surface area contributed by atoms with E-state index in [9.17, 15) is 13.2 Å².